The van der Waals surface area contributed by atoms with E-state index in [9.17, 15) is 0 Å². The van der Waals surface area contributed by atoms with Crippen molar-refractivity contribution in [3.05, 3.63) is 46.0 Å². The molecule has 0 unspecified atom stereocenters. The third-order valence-electron chi connectivity index (χ3n) is 2.70. The van der Waals surface area contributed by atoms with Crippen LogP contribution in [0, 0.1) is 17.8 Å². The fourth-order valence-corrected chi connectivity index (χ4v) is 3.83. The van der Waals surface area contributed by atoms with E-state index in [1.807, 2.05) is 0 Å². The SMILES string of the molecule is C(#CC1CC1)c1ccccc1-c1ccc[te]1. The van der Waals surface area contributed by atoms with Crippen molar-refractivity contribution >= 4 is 20.4 Å². The topological polar surface area (TPSA) is 0 Å². The van der Waals surface area contributed by atoms with E-state index in [1.165, 1.54) is 27.5 Å². The van der Waals surface area contributed by atoms with Crippen LogP contribution in [0.15, 0.2) is 40.5 Å². The van der Waals surface area contributed by atoms with Crippen LogP contribution >= 0.6 is 0 Å². The third kappa shape index (κ3) is 2.25. The van der Waals surface area contributed by atoms with Crippen molar-refractivity contribution in [3.63, 3.8) is 0 Å². The molecule has 0 spiro atoms. The van der Waals surface area contributed by atoms with Gasteiger partial charge in [0.15, 0.2) is 0 Å². The molecule has 1 aliphatic carbocycles. The van der Waals surface area contributed by atoms with Gasteiger partial charge in [-0.15, -0.1) is 0 Å². The summed E-state index contributed by atoms with van der Waals surface area (Å²) in [6.45, 7) is 0. The number of hydrogen-bond donors (Lipinski definition) is 0. The van der Waals surface area contributed by atoms with Crippen LogP contribution in [0.25, 0.3) is 9.14 Å². The van der Waals surface area contributed by atoms with Crippen molar-refractivity contribution in [1.29, 1.82) is 0 Å². The zero-order valence-electron chi connectivity index (χ0n) is 8.94. The zero-order chi connectivity index (χ0) is 10.8. The second-order valence-electron chi connectivity index (χ2n) is 4.07. The molecule has 3 rings (SSSR count). The van der Waals surface area contributed by atoms with Gasteiger partial charge in [0.1, 0.15) is 0 Å². The Hall–Kier alpha value is -0.950. The molecule has 0 aliphatic heterocycles. The summed E-state index contributed by atoms with van der Waals surface area (Å²) < 4.78 is 3.84. The minimum atomic E-state index is -0.0927. The quantitative estimate of drug-likeness (QED) is 0.559. The summed E-state index contributed by atoms with van der Waals surface area (Å²) in [5.41, 5.74) is 2.58. The Morgan fingerprint density at radius 1 is 1.06 bits per heavy atom. The molecule has 78 valence electrons. The first-order valence-corrected chi connectivity index (χ1v) is 8.09. The van der Waals surface area contributed by atoms with Crippen LogP contribution in [0.3, 0.4) is 0 Å². The Morgan fingerprint density at radius 2 is 1.94 bits per heavy atom. The van der Waals surface area contributed by atoms with Crippen molar-refractivity contribution in [2.45, 2.75) is 12.8 Å². The van der Waals surface area contributed by atoms with E-state index in [2.05, 4.69) is 52.3 Å². The van der Waals surface area contributed by atoms with E-state index in [0.29, 0.717) is 5.92 Å². The standard InChI is InChI=1S/C15H12Te/c1-2-5-14(15-6-3-11-16-15)13(4-1)10-9-12-7-8-12/h1-6,11-12H,7-8H2. The molecular weight excluding hydrogens is 308 g/mol. The first-order chi connectivity index (χ1) is 7.93. The normalized spacial score (nSPS) is 14.2. The van der Waals surface area contributed by atoms with Crippen molar-refractivity contribution < 1.29 is 0 Å². The molecule has 16 heavy (non-hydrogen) atoms. The number of benzene rings is 1. The fourth-order valence-electron chi connectivity index (χ4n) is 1.65. The molecular formula is C15H12Te. The molecule has 0 saturated heterocycles. The number of hydrogen-bond acceptors (Lipinski definition) is 0. The second kappa shape index (κ2) is 4.50. The Balaban J connectivity index is 2.01. The second-order valence-corrected chi connectivity index (χ2v) is 6.77. The van der Waals surface area contributed by atoms with Gasteiger partial charge in [0, 0.05) is 0 Å². The maximum atomic E-state index is 3.35. The average Bonchev–Trinajstić information content (AvgIpc) is 3.00. The van der Waals surface area contributed by atoms with Crippen LogP contribution in [0.2, 0.25) is 0 Å². The van der Waals surface area contributed by atoms with Gasteiger partial charge in [-0.05, 0) is 0 Å². The summed E-state index contributed by atoms with van der Waals surface area (Å²) in [5, 5.41) is 0. The van der Waals surface area contributed by atoms with Crippen molar-refractivity contribution in [2.24, 2.45) is 5.92 Å². The maximum absolute atomic E-state index is 3.35. The molecule has 1 saturated carbocycles. The van der Waals surface area contributed by atoms with Gasteiger partial charge in [0.2, 0.25) is 0 Å². The molecule has 0 N–H and O–H groups in total. The van der Waals surface area contributed by atoms with Crippen LogP contribution in [0.4, 0.5) is 0 Å². The van der Waals surface area contributed by atoms with E-state index in [-0.39, 0.29) is 20.4 Å². The van der Waals surface area contributed by atoms with Gasteiger partial charge in [-0.1, -0.05) is 0 Å². The van der Waals surface area contributed by atoms with E-state index < -0.39 is 0 Å². The van der Waals surface area contributed by atoms with Crippen LogP contribution in [0.1, 0.15) is 18.4 Å². The molecule has 1 aliphatic rings. The predicted octanol–water partition coefficient (Wildman–Crippen LogP) is 3.17. The summed E-state index contributed by atoms with van der Waals surface area (Å²) in [5.74, 6) is 7.39. The molecule has 1 fully saturated rings. The first kappa shape index (κ1) is 10.2. The fraction of sp³-hybridized carbons (Fsp3) is 0.200. The summed E-state index contributed by atoms with van der Waals surface area (Å²) >= 11 is -0.0927. The van der Waals surface area contributed by atoms with E-state index in [4.69, 9.17) is 0 Å². The van der Waals surface area contributed by atoms with Crippen LogP contribution < -0.4 is 0 Å². The Morgan fingerprint density at radius 3 is 2.69 bits per heavy atom. The molecule has 0 nitrogen and oxygen atoms in total. The molecule has 0 bridgehead atoms. The van der Waals surface area contributed by atoms with Crippen molar-refractivity contribution in [1.82, 2.24) is 0 Å². The molecule has 1 aromatic heterocycles. The summed E-state index contributed by atoms with van der Waals surface area (Å²) in [6.07, 6.45) is 2.60. The molecule has 0 radical (unpaired) electrons. The van der Waals surface area contributed by atoms with E-state index >= 15 is 0 Å². The first-order valence-electron chi connectivity index (χ1n) is 5.58. The van der Waals surface area contributed by atoms with Crippen LogP contribution in [-0.2, 0) is 0 Å². The molecule has 0 amide bonds. The van der Waals surface area contributed by atoms with Crippen molar-refractivity contribution in [3.8, 4) is 21.0 Å². The predicted molar refractivity (Wildman–Crippen MR) is 68.4 cm³/mol. The summed E-state index contributed by atoms with van der Waals surface area (Å²) in [4.78, 5) is 0. The third-order valence-corrected chi connectivity index (χ3v) is 5.28. The van der Waals surface area contributed by atoms with Crippen LogP contribution in [0.5, 0.6) is 0 Å². The van der Waals surface area contributed by atoms with Gasteiger partial charge in [-0.2, -0.15) is 0 Å². The van der Waals surface area contributed by atoms with Gasteiger partial charge < -0.3 is 0 Å². The van der Waals surface area contributed by atoms with Gasteiger partial charge in [0.05, 0.1) is 0 Å². The number of rotatable bonds is 1. The Labute approximate surface area is 106 Å². The molecule has 1 aromatic carbocycles. The minimum absolute atomic E-state index is 0.0927. The average molecular weight is 320 g/mol. The van der Waals surface area contributed by atoms with Gasteiger partial charge in [-0.25, -0.2) is 0 Å². The van der Waals surface area contributed by atoms with Gasteiger partial charge in [-0.3, -0.25) is 0 Å². The van der Waals surface area contributed by atoms with Crippen molar-refractivity contribution in [2.75, 3.05) is 0 Å². The molecule has 0 atom stereocenters. The summed E-state index contributed by atoms with van der Waals surface area (Å²) in [6, 6.07) is 13.0. The van der Waals surface area contributed by atoms with Gasteiger partial charge >= 0.3 is 106 Å². The Bertz CT molecular complexity index is 536. The molecule has 2 aromatic rings. The monoisotopic (exact) mass is 322 g/mol. The zero-order valence-corrected chi connectivity index (χ0v) is 11.3. The molecule has 1 heteroatoms. The molecule has 1 heterocycles. The van der Waals surface area contributed by atoms with Crippen LogP contribution in [-0.4, -0.2) is 20.4 Å². The van der Waals surface area contributed by atoms with Gasteiger partial charge in [0.25, 0.3) is 0 Å². The Kier molecular flexibility index (Phi) is 2.88. The van der Waals surface area contributed by atoms with E-state index in [1.54, 1.807) is 0 Å². The van der Waals surface area contributed by atoms with E-state index in [0.717, 1.165) is 0 Å². The summed E-state index contributed by atoms with van der Waals surface area (Å²) in [7, 11) is 0.